The third-order valence-corrected chi connectivity index (χ3v) is 9.65. The van der Waals surface area contributed by atoms with Crippen LogP contribution in [-0.4, -0.2) is 106 Å². The Kier molecular flexibility index (Phi) is 13.9. The van der Waals surface area contributed by atoms with E-state index in [-0.39, 0.29) is 81.1 Å². The molecule has 2 saturated heterocycles. The Balaban J connectivity index is 0.00000288. The Hall–Kier alpha value is -0.460. The number of imidazole rings is 1. The predicted octanol–water partition coefficient (Wildman–Crippen LogP) is -9.14. The molecule has 0 bridgehead atoms. The van der Waals surface area contributed by atoms with Crippen LogP contribution in [0.1, 0.15) is 12.6 Å². The van der Waals surface area contributed by atoms with Crippen molar-refractivity contribution in [2.45, 2.75) is 55.5 Å². The van der Waals surface area contributed by atoms with Gasteiger partial charge < -0.3 is 65.1 Å². The zero-order valence-electron chi connectivity index (χ0n) is 24.3. The van der Waals surface area contributed by atoms with Gasteiger partial charge in [0.15, 0.2) is 23.9 Å². The molecular formula is C21H27N7Na2O13P2S. The number of hydrogen-bond acceptors (Lipinski definition) is 19. The fourth-order valence-corrected chi connectivity index (χ4v) is 6.82. The Bertz CT molecular complexity index is 1570. The van der Waals surface area contributed by atoms with E-state index in [1.807, 2.05) is 0 Å². The first-order valence-electron chi connectivity index (χ1n) is 12.7. The molecule has 0 spiro atoms. The second kappa shape index (κ2) is 16.0. The van der Waals surface area contributed by atoms with Crippen LogP contribution >= 0.6 is 27.9 Å². The molecule has 2 aromatic rings. The molecule has 2 fully saturated rings. The van der Waals surface area contributed by atoms with Crippen LogP contribution in [0.15, 0.2) is 36.7 Å². The topological polar surface area (TPSA) is 306 Å². The Morgan fingerprint density at radius 3 is 2.13 bits per heavy atom. The van der Waals surface area contributed by atoms with Crippen LogP contribution < -0.4 is 80.4 Å². The number of aliphatic hydroxyl groups excluding tert-OH is 4. The van der Waals surface area contributed by atoms with Crippen LogP contribution in [0.2, 0.25) is 0 Å². The number of nitrogens with two attached hydrogens (primary N) is 2. The van der Waals surface area contributed by atoms with Crippen molar-refractivity contribution in [3.8, 4) is 0 Å². The van der Waals surface area contributed by atoms with Gasteiger partial charge in [0.2, 0.25) is 0 Å². The molecular weight excluding hydrogens is 698 g/mol. The molecule has 5 rings (SSSR count). The van der Waals surface area contributed by atoms with Crippen molar-refractivity contribution in [1.82, 2.24) is 24.4 Å². The van der Waals surface area contributed by atoms with Crippen LogP contribution in [-0.2, 0) is 32.0 Å². The third kappa shape index (κ3) is 8.82. The van der Waals surface area contributed by atoms with E-state index in [0.29, 0.717) is 12.0 Å². The van der Waals surface area contributed by atoms with Gasteiger partial charge in [-0.2, -0.15) is 0 Å². The molecule has 3 aliphatic heterocycles. The number of thiocarbonyl (C=S) groups is 1. The van der Waals surface area contributed by atoms with Crippen LogP contribution in [0, 0.1) is 0 Å². The monoisotopic (exact) mass is 725 g/mol. The first kappa shape index (κ1) is 40.0. The van der Waals surface area contributed by atoms with Gasteiger partial charge >= 0.3 is 59.1 Å². The number of phosphoric acid groups is 2. The number of fused-ring (bicyclic) bond motifs is 1. The van der Waals surface area contributed by atoms with E-state index < -0.39 is 77.9 Å². The summed E-state index contributed by atoms with van der Waals surface area (Å²) in [6.45, 7) is -1.91. The second-order valence-electron chi connectivity index (χ2n) is 9.80. The zero-order valence-corrected chi connectivity index (χ0v) is 30.9. The summed E-state index contributed by atoms with van der Waals surface area (Å²) >= 11 is 4.94. The van der Waals surface area contributed by atoms with E-state index in [1.54, 1.807) is 6.08 Å². The number of phosphoric ester groups is 2. The first-order chi connectivity index (χ1) is 20.7. The number of nitrogen functional groups attached to an aromatic ring is 1. The van der Waals surface area contributed by atoms with Crippen molar-refractivity contribution in [3.05, 3.63) is 36.7 Å². The van der Waals surface area contributed by atoms with Crippen LogP contribution in [0.4, 0.5) is 5.82 Å². The van der Waals surface area contributed by atoms with Crippen molar-refractivity contribution < 1.29 is 121 Å². The maximum Gasteiger partial charge on any atom is 1.00 e. The summed E-state index contributed by atoms with van der Waals surface area (Å²) in [6.07, 6.45) is -4.36. The van der Waals surface area contributed by atoms with E-state index in [4.69, 9.17) is 33.2 Å². The summed E-state index contributed by atoms with van der Waals surface area (Å²) in [6, 6.07) is 0. The van der Waals surface area contributed by atoms with E-state index >= 15 is 0 Å². The van der Waals surface area contributed by atoms with Crippen molar-refractivity contribution in [2.75, 3.05) is 18.9 Å². The van der Waals surface area contributed by atoms with E-state index in [2.05, 4.69) is 28.3 Å². The van der Waals surface area contributed by atoms with Crippen molar-refractivity contribution >= 4 is 49.8 Å². The van der Waals surface area contributed by atoms with Gasteiger partial charge in [-0.25, -0.2) is 19.3 Å². The summed E-state index contributed by atoms with van der Waals surface area (Å²) in [5.74, 6) is 0.0444. The molecule has 8 N–H and O–H groups in total. The number of aromatic nitrogens is 4. The fourth-order valence-electron chi connectivity index (χ4n) is 4.66. The minimum Gasteiger partial charge on any atom is -0.756 e. The third-order valence-electron chi connectivity index (χ3n) is 6.86. The smallest absolute Gasteiger partial charge is 0.756 e. The Morgan fingerprint density at radius 2 is 1.54 bits per heavy atom. The number of nitrogens with zero attached hydrogens (tertiary/aromatic N) is 5. The molecule has 3 unspecified atom stereocenters. The number of hydrogen-bond donors (Lipinski definition) is 6. The molecule has 2 aromatic heterocycles. The van der Waals surface area contributed by atoms with Crippen LogP contribution in [0.3, 0.4) is 0 Å². The number of rotatable bonds is 11. The van der Waals surface area contributed by atoms with Crippen LogP contribution in [0.25, 0.3) is 11.2 Å². The normalized spacial score (nSPS) is 31.9. The molecule has 25 heteroatoms. The Morgan fingerprint density at radius 1 is 0.978 bits per heavy atom. The number of allylic oxidation sites excluding steroid dienone is 1. The number of ether oxygens (including phenoxy) is 2. The van der Waals surface area contributed by atoms with Gasteiger partial charge in [-0.3, -0.25) is 13.7 Å². The molecule has 0 amide bonds. The average Bonchev–Trinajstić information content (AvgIpc) is 3.61. The van der Waals surface area contributed by atoms with Gasteiger partial charge in [-0.15, -0.1) is 0 Å². The van der Waals surface area contributed by atoms with Crippen molar-refractivity contribution in [2.24, 2.45) is 5.73 Å². The minimum atomic E-state index is -5.66. The predicted molar refractivity (Wildman–Crippen MR) is 145 cm³/mol. The number of aliphatic hydroxyl groups is 4. The molecule has 242 valence electrons. The molecule has 10 atom stereocenters. The largest absolute Gasteiger partial charge is 1.00 e. The van der Waals surface area contributed by atoms with E-state index in [1.165, 1.54) is 28.2 Å². The van der Waals surface area contributed by atoms with Gasteiger partial charge in [-0.05, 0) is 6.42 Å². The molecule has 0 saturated carbocycles. The van der Waals surface area contributed by atoms with Gasteiger partial charge in [0.05, 0.1) is 19.5 Å². The SMILES string of the molecule is NC(=S)C1=CN([C@@H]2O[C@H](COP(=O)([O-])OP(=O)([O-])OCC3O[C@@H](n4cnc5c(N)ncnc54)[C@H](O)[C@@H]3O)[C@@H](O)[C@H]2O)C=CC1.[Na+].[Na+]. The maximum absolute atomic E-state index is 12.3. The summed E-state index contributed by atoms with van der Waals surface area (Å²) in [4.78, 5) is 37.9. The second-order valence-corrected chi connectivity index (χ2v) is 13.2. The Labute approximate surface area is 310 Å². The van der Waals surface area contributed by atoms with Crippen LogP contribution in [0.5, 0.6) is 0 Å². The van der Waals surface area contributed by atoms with Gasteiger partial charge in [0, 0.05) is 18.0 Å². The molecule has 0 radical (unpaired) electrons. The van der Waals surface area contributed by atoms with Gasteiger partial charge in [-0.1, -0.05) is 18.3 Å². The standard InChI is InChI=1S/C21H29N7O13P2S.2Na/c22-17-12-19(25-7-24-17)28(8-26-12)21-16(32)14(30)11(40-21)6-38-43(35,36)41-42(33,34)37-5-10-13(29)15(31)20(39-10)27-3-1-2-9(4-27)18(23)44;;/h1,3-4,7-8,10-11,13-16,20-21,29-32H,2,5-6H2,(H2,23,44)(H,33,34)(H,35,36)(H2,22,24,25);;/q;2*+1/p-2/t10-,11?,13-,14-,15-,16-,20-,21-;;/m1../s1. The summed E-state index contributed by atoms with van der Waals surface area (Å²) in [5.41, 5.74) is 12.3. The molecule has 5 heterocycles. The first-order valence-corrected chi connectivity index (χ1v) is 16.0. The molecule has 3 aliphatic rings. The van der Waals surface area contributed by atoms with Gasteiger partial charge in [0.25, 0.3) is 15.6 Å². The maximum atomic E-state index is 12.3. The van der Waals surface area contributed by atoms with E-state index in [0.717, 1.165) is 6.33 Å². The summed E-state index contributed by atoms with van der Waals surface area (Å²) < 4.78 is 50.1. The summed E-state index contributed by atoms with van der Waals surface area (Å²) in [7, 11) is -11.3. The van der Waals surface area contributed by atoms with Crippen molar-refractivity contribution in [1.29, 1.82) is 0 Å². The molecule has 0 aliphatic carbocycles. The molecule has 46 heavy (non-hydrogen) atoms. The minimum absolute atomic E-state index is 0. The number of anilines is 1. The molecule has 0 aromatic carbocycles. The zero-order chi connectivity index (χ0) is 32.0. The van der Waals surface area contributed by atoms with Crippen molar-refractivity contribution in [3.63, 3.8) is 0 Å². The van der Waals surface area contributed by atoms with Gasteiger partial charge in [0.1, 0.15) is 53.5 Å². The molecule has 20 nitrogen and oxygen atoms in total. The quantitative estimate of drug-likeness (QED) is 0.0712. The summed E-state index contributed by atoms with van der Waals surface area (Å²) in [5, 5.41) is 41.6. The fraction of sp³-hybridized carbons (Fsp3) is 0.524. The van der Waals surface area contributed by atoms with E-state index in [9.17, 15) is 39.3 Å². The average molecular weight is 725 g/mol.